The first-order valence-corrected chi connectivity index (χ1v) is 9.69. The van der Waals surface area contributed by atoms with E-state index in [0.717, 1.165) is 61.9 Å². The molecule has 0 bridgehead atoms. The molecule has 148 valence electrons. The molecule has 0 aliphatic carbocycles. The highest BCUT2D eigenvalue weighted by atomic mass is 16.5. The molecule has 1 aliphatic rings. The molecule has 0 spiro atoms. The van der Waals surface area contributed by atoms with Crippen molar-refractivity contribution >= 4 is 5.82 Å². The van der Waals surface area contributed by atoms with Gasteiger partial charge in [0.15, 0.2) is 5.82 Å². The summed E-state index contributed by atoms with van der Waals surface area (Å²) in [7, 11) is 3.59. The monoisotopic (exact) mass is 381 g/mol. The van der Waals surface area contributed by atoms with Crippen LogP contribution in [-0.4, -0.2) is 57.0 Å². The van der Waals surface area contributed by atoms with Crippen molar-refractivity contribution in [3.05, 3.63) is 35.7 Å². The number of aryl methyl sites for hydroxylation is 1. The maximum Gasteiger partial charge on any atom is 0.151 e. The number of methoxy groups -OCH3 is 1. The van der Waals surface area contributed by atoms with E-state index in [4.69, 9.17) is 19.4 Å². The molecule has 3 rings (SSSR count). The number of benzene rings is 1. The van der Waals surface area contributed by atoms with Gasteiger partial charge in [0.1, 0.15) is 23.2 Å². The largest absolute Gasteiger partial charge is 0.497 e. The van der Waals surface area contributed by atoms with Gasteiger partial charge >= 0.3 is 0 Å². The third kappa shape index (κ3) is 4.77. The van der Waals surface area contributed by atoms with E-state index in [-0.39, 0.29) is 0 Å². The van der Waals surface area contributed by atoms with Gasteiger partial charge in [0.05, 0.1) is 26.0 Å². The number of nitrogens with one attached hydrogen (secondary N) is 1. The van der Waals surface area contributed by atoms with Crippen molar-refractivity contribution in [2.24, 2.45) is 0 Å². The van der Waals surface area contributed by atoms with Crippen LogP contribution in [0.15, 0.2) is 24.3 Å². The number of morpholine rings is 1. The number of aromatic nitrogens is 2. The van der Waals surface area contributed by atoms with Gasteiger partial charge in [0.25, 0.3) is 0 Å². The molecule has 7 nitrogen and oxygen atoms in total. The maximum absolute atomic E-state index is 9.91. The number of hydrogen-bond acceptors (Lipinski definition) is 7. The molecule has 0 saturated carbocycles. The van der Waals surface area contributed by atoms with Crippen LogP contribution in [0.2, 0.25) is 0 Å². The standard InChI is InChI=1S/C21H27N5O2/c1-23-10-4-3-5-19-24-20(16-6-8-17(27-2)9-7-16)18(15-22)21(25-19)26-11-13-28-14-12-26/h6-9,23H,3-5,10-14H2,1-2H3. The van der Waals surface area contributed by atoms with Gasteiger partial charge in [0.2, 0.25) is 0 Å². The average molecular weight is 381 g/mol. The predicted octanol–water partition coefficient (Wildman–Crippen LogP) is 2.40. The van der Waals surface area contributed by atoms with Crippen LogP contribution >= 0.6 is 0 Å². The molecule has 28 heavy (non-hydrogen) atoms. The Morgan fingerprint density at radius 3 is 2.57 bits per heavy atom. The molecular formula is C21H27N5O2. The number of rotatable bonds is 8. The number of nitrogens with zero attached hydrogens (tertiary/aromatic N) is 4. The average Bonchev–Trinajstić information content (AvgIpc) is 2.76. The number of nitriles is 1. The minimum absolute atomic E-state index is 0.519. The Morgan fingerprint density at radius 2 is 1.93 bits per heavy atom. The van der Waals surface area contributed by atoms with Crippen molar-refractivity contribution in [3.8, 4) is 23.1 Å². The quantitative estimate of drug-likeness (QED) is 0.703. The lowest BCUT2D eigenvalue weighted by Gasteiger charge is -2.29. The summed E-state index contributed by atoms with van der Waals surface area (Å²) in [6.07, 6.45) is 2.84. The zero-order valence-corrected chi connectivity index (χ0v) is 16.6. The fourth-order valence-electron chi connectivity index (χ4n) is 3.26. The molecule has 1 N–H and O–H groups in total. The topological polar surface area (TPSA) is 83.3 Å². The third-order valence-electron chi connectivity index (χ3n) is 4.80. The number of unbranched alkanes of at least 4 members (excludes halogenated alkanes) is 1. The summed E-state index contributed by atoms with van der Waals surface area (Å²) in [6, 6.07) is 10.0. The van der Waals surface area contributed by atoms with E-state index in [1.165, 1.54) is 0 Å². The summed E-state index contributed by atoms with van der Waals surface area (Å²) in [4.78, 5) is 11.7. The Labute approximate surface area is 166 Å². The minimum Gasteiger partial charge on any atom is -0.497 e. The minimum atomic E-state index is 0.519. The van der Waals surface area contributed by atoms with Gasteiger partial charge in [-0.15, -0.1) is 0 Å². The highest BCUT2D eigenvalue weighted by Gasteiger charge is 2.22. The van der Waals surface area contributed by atoms with Gasteiger partial charge in [-0.25, -0.2) is 9.97 Å². The molecule has 1 aliphatic heterocycles. The van der Waals surface area contributed by atoms with Gasteiger partial charge in [-0.1, -0.05) is 0 Å². The van der Waals surface area contributed by atoms with E-state index in [9.17, 15) is 5.26 Å². The van der Waals surface area contributed by atoms with Crippen LogP contribution in [-0.2, 0) is 11.2 Å². The third-order valence-corrected chi connectivity index (χ3v) is 4.80. The summed E-state index contributed by atoms with van der Waals surface area (Å²) in [5, 5.41) is 13.1. The lowest BCUT2D eigenvalue weighted by Crippen LogP contribution is -2.37. The van der Waals surface area contributed by atoms with E-state index < -0.39 is 0 Å². The summed E-state index contributed by atoms with van der Waals surface area (Å²) in [6.45, 7) is 3.71. The molecule has 0 amide bonds. The fourth-order valence-corrected chi connectivity index (χ4v) is 3.26. The van der Waals surface area contributed by atoms with Crippen molar-refractivity contribution in [3.63, 3.8) is 0 Å². The second-order valence-corrected chi connectivity index (χ2v) is 6.69. The van der Waals surface area contributed by atoms with Crippen LogP contribution in [0.3, 0.4) is 0 Å². The lowest BCUT2D eigenvalue weighted by molar-refractivity contribution is 0.122. The summed E-state index contributed by atoms with van der Waals surface area (Å²) in [5.41, 5.74) is 2.10. The van der Waals surface area contributed by atoms with E-state index in [2.05, 4.69) is 16.3 Å². The van der Waals surface area contributed by atoms with Crippen LogP contribution in [0.4, 0.5) is 5.82 Å². The summed E-state index contributed by atoms with van der Waals surface area (Å²) < 4.78 is 10.7. The van der Waals surface area contributed by atoms with Crippen molar-refractivity contribution in [2.75, 3.05) is 51.9 Å². The number of hydrogen-bond donors (Lipinski definition) is 1. The van der Waals surface area contributed by atoms with E-state index in [1.807, 2.05) is 31.3 Å². The smallest absolute Gasteiger partial charge is 0.151 e. The summed E-state index contributed by atoms with van der Waals surface area (Å²) >= 11 is 0. The molecule has 0 atom stereocenters. The van der Waals surface area contributed by atoms with Crippen molar-refractivity contribution in [2.45, 2.75) is 19.3 Å². The van der Waals surface area contributed by atoms with Crippen LogP contribution in [0.5, 0.6) is 5.75 Å². The van der Waals surface area contributed by atoms with Crippen molar-refractivity contribution < 1.29 is 9.47 Å². The molecule has 2 heterocycles. The van der Waals surface area contributed by atoms with E-state index in [1.54, 1.807) is 7.11 Å². The Balaban J connectivity index is 2.00. The second kappa shape index (κ2) is 10.0. The van der Waals surface area contributed by atoms with Gasteiger partial charge < -0.3 is 19.7 Å². The molecule has 7 heteroatoms. The van der Waals surface area contributed by atoms with E-state index in [0.29, 0.717) is 24.5 Å². The van der Waals surface area contributed by atoms with Gasteiger partial charge in [-0.2, -0.15) is 5.26 Å². The lowest BCUT2D eigenvalue weighted by atomic mass is 10.1. The zero-order valence-electron chi connectivity index (χ0n) is 16.6. The molecule has 0 radical (unpaired) electrons. The Morgan fingerprint density at radius 1 is 1.18 bits per heavy atom. The first-order valence-electron chi connectivity index (χ1n) is 9.69. The molecule has 1 aromatic heterocycles. The molecule has 0 unspecified atom stereocenters. The SMILES string of the molecule is CNCCCCc1nc(-c2ccc(OC)cc2)c(C#N)c(N2CCOCC2)n1. The molecule has 1 aromatic carbocycles. The van der Waals surface area contributed by atoms with Crippen LogP contribution < -0.4 is 15.0 Å². The van der Waals surface area contributed by atoms with Crippen LogP contribution in [0.1, 0.15) is 24.2 Å². The van der Waals surface area contributed by atoms with E-state index >= 15 is 0 Å². The second-order valence-electron chi connectivity index (χ2n) is 6.69. The molecule has 2 aromatic rings. The predicted molar refractivity (Wildman–Crippen MR) is 109 cm³/mol. The maximum atomic E-state index is 9.91. The number of anilines is 1. The Hall–Kier alpha value is -2.69. The molecule has 1 saturated heterocycles. The zero-order chi connectivity index (χ0) is 19.8. The highest BCUT2D eigenvalue weighted by Crippen LogP contribution is 2.30. The first-order chi connectivity index (χ1) is 13.8. The molecular weight excluding hydrogens is 354 g/mol. The normalized spacial score (nSPS) is 14.0. The number of ether oxygens (including phenoxy) is 2. The van der Waals surface area contributed by atoms with Gasteiger partial charge in [-0.05, 0) is 50.7 Å². The molecule has 1 fully saturated rings. The van der Waals surface area contributed by atoms with Crippen molar-refractivity contribution in [1.29, 1.82) is 5.26 Å². The van der Waals surface area contributed by atoms with Crippen LogP contribution in [0, 0.1) is 11.3 Å². The Kier molecular flexibility index (Phi) is 7.18. The summed E-state index contributed by atoms with van der Waals surface area (Å²) in [5.74, 6) is 2.27. The van der Waals surface area contributed by atoms with Gasteiger partial charge in [0, 0.05) is 25.1 Å². The van der Waals surface area contributed by atoms with Gasteiger partial charge in [-0.3, -0.25) is 0 Å². The first kappa shape index (κ1) is 20.1. The van der Waals surface area contributed by atoms with Crippen molar-refractivity contribution in [1.82, 2.24) is 15.3 Å². The highest BCUT2D eigenvalue weighted by molar-refractivity contribution is 5.73. The Bertz CT molecular complexity index is 811. The van der Waals surface area contributed by atoms with Crippen LogP contribution in [0.25, 0.3) is 11.3 Å². The fraction of sp³-hybridized carbons (Fsp3) is 0.476.